The lowest BCUT2D eigenvalue weighted by Crippen LogP contribution is -2.40. The van der Waals surface area contributed by atoms with Crippen LogP contribution in [-0.4, -0.2) is 37.8 Å². The molecular weight excluding hydrogens is 348 g/mol. The summed E-state index contributed by atoms with van der Waals surface area (Å²) in [5.74, 6) is 0.976. The number of carbonyl (C=O) groups excluding carboxylic acids is 1. The van der Waals surface area contributed by atoms with E-state index in [2.05, 4.69) is 26.2 Å². The minimum Gasteiger partial charge on any atom is -0.467 e. The van der Waals surface area contributed by atoms with Crippen LogP contribution in [0, 0.1) is 11.8 Å². The summed E-state index contributed by atoms with van der Waals surface area (Å²) < 4.78 is 11.6. The maximum Gasteiger partial charge on any atom is 0.331 e. The van der Waals surface area contributed by atoms with Crippen LogP contribution in [0.5, 0.6) is 0 Å². The molecule has 3 unspecified atom stereocenters. The third kappa shape index (κ3) is 3.19. The lowest BCUT2D eigenvalue weighted by atomic mass is 9.70. The van der Waals surface area contributed by atoms with Crippen LogP contribution in [0.4, 0.5) is 0 Å². The number of methoxy groups -OCH3 is 1. The van der Waals surface area contributed by atoms with E-state index in [1.54, 1.807) is 0 Å². The molecule has 1 N–H and O–H groups in total. The smallest absolute Gasteiger partial charge is 0.331 e. The molecule has 0 aromatic carbocycles. The summed E-state index contributed by atoms with van der Waals surface area (Å²) >= 11 is 3.37. The summed E-state index contributed by atoms with van der Waals surface area (Å²) in [5.41, 5.74) is 0.611. The lowest BCUT2D eigenvalue weighted by Gasteiger charge is -2.42. The summed E-state index contributed by atoms with van der Waals surface area (Å²) in [6, 6.07) is 3.97. The van der Waals surface area contributed by atoms with Gasteiger partial charge in [0.15, 0.2) is 0 Å². The first-order valence-electron chi connectivity index (χ1n) is 7.66. The molecule has 2 heterocycles. The molecule has 6 heteroatoms. The number of ether oxygens (including phenoxy) is 2. The second kappa shape index (κ2) is 6.64. The zero-order valence-corrected chi connectivity index (χ0v) is 14.3. The van der Waals surface area contributed by atoms with E-state index in [1.807, 2.05) is 18.3 Å². The summed E-state index contributed by atoms with van der Waals surface area (Å²) in [6.07, 6.45) is 4.79. The van der Waals surface area contributed by atoms with Crippen LogP contribution >= 0.6 is 15.9 Å². The molecule has 0 bridgehead atoms. The van der Waals surface area contributed by atoms with E-state index in [4.69, 9.17) is 9.47 Å². The van der Waals surface area contributed by atoms with Crippen LogP contribution in [-0.2, 0) is 19.9 Å². The van der Waals surface area contributed by atoms with Gasteiger partial charge >= 0.3 is 5.97 Å². The molecule has 1 saturated carbocycles. The Bertz CT molecular complexity index is 537. The monoisotopic (exact) mass is 368 g/mol. The average molecular weight is 369 g/mol. The van der Waals surface area contributed by atoms with Gasteiger partial charge in [-0.25, -0.2) is 9.78 Å². The van der Waals surface area contributed by atoms with Crippen molar-refractivity contribution in [3.63, 3.8) is 0 Å². The zero-order valence-electron chi connectivity index (χ0n) is 12.7. The molecule has 1 aromatic rings. The summed E-state index contributed by atoms with van der Waals surface area (Å²) in [4.78, 5) is 15.9. The van der Waals surface area contributed by atoms with E-state index in [9.17, 15) is 4.79 Å². The number of aromatic nitrogens is 1. The highest BCUT2D eigenvalue weighted by molar-refractivity contribution is 9.10. The Morgan fingerprint density at radius 2 is 2.27 bits per heavy atom. The fourth-order valence-corrected chi connectivity index (χ4v) is 3.92. The van der Waals surface area contributed by atoms with E-state index < -0.39 is 5.60 Å². The number of fused-ring (bicyclic) bond motifs is 1. The fraction of sp³-hybridized carbons (Fsp3) is 0.625. The molecule has 1 aliphatic heterocycles. The van der Waals surface area contributed by atoms with Gasteiger partial charge in [0.1, 0.15) is 11.2 Å². The SMILES string of the molecule is COC(=O)COC1(c2ccc(Br)nc2)CCC2CNCC2C1. The second-order valence-corrected chi connectivity index (χ2v) is 6.96. The number of halogens is 1. The Morgan fingerprint density at radius 3 is 3.00 bits per heavy atom. The third-order valence-corrected chi connectivity index (χ3v) is 5.41. The standard InChI is InChI=1S/C16H21BrN2O3/c1-21-15(20)10-22-16(13-2-3-14(17)19-9-13)5-4-11-7-18-8-12(11)6-16/h2-3,9,11-12,18H,4-8,10H2,1H3. The maximum atomic E-state index is 11.5. The Morgan fingerprint density at radius 1 is 1.45 bits per heavy atom. The lowest BCUT2D eigenvalue weighted by molar-refractivity contribution is -0.159. The van der Waals surface area contributed by atoms with E-state index >= 15 is 0 Å². The minimum atomic E-state index is -0.435. The molecule has 5 nitrogen and oxygen atoms in total. The molecule has 0 radical (unpaired) electrons. The van der Waals surface area contributed by atoms with Crippen LogP contribution in [0.25, 0.3) is 0 Å². The van der Waals surface area contributed by atoms with E-state index in [0.717, 1.165) is 48.4 Å². The number of rotatable bonds is 4. The highest BCUT2D eigenvalue weighted by atomic mass is 79.9. The molecular formula is C16H21BrN2O3. The van der Waals surface area contributed by atoms with E-state index in [-0.39, 0.29) is 12.6 Å². The predicted octanol–water partition coefficient (Wildman–Crippen LogP) is 2.25. The summed E-state index contributed by atoms with van der Waals surface area (Å²) in [6.45, 7) is 2.10. The molecule has 0 amide bonds. The largest absolute Gasteiger partial charge is 0.467 e. The Kier molecular flexibility index (Phi) is 4.80. The minimum absolute atomic E-state index is 0.0165. The van der Waals surface area contributed by atoms with Gasteiger partial charge < -0.3 is 14.8 Å². The van der Waals surface area contributed by atoms with Gasteiger partial charge in [-0.15, -0.1) is 0 Å². The topological polar surface area (TPSA) is 60.5 Å². The first-order valence-corrected chi connectivity index (χ1v) is 8.46. The number of nitrogens with one attached hydrogen (secondary N) is 1. The molecule has 1 aliphatic carbocycles. The van der Waals surface area contributed by atoms with Crippen LogP contribution < -0.4 is 5.32 Å². The molecule has 3 rings (SSSR count). The van der Waals surface area contributed by atoms with Gasteiger partial charge in [-0.05, 0) is 66.2 Å². The Labute approximate surface area is 138 Å². The molecule has 22 heavy (non-hydrogen) atoms. The molecule has 1 aromatic heterocycles. The third-order valence-electron chi connectivity index (χ3n) is 4.94. The van der Waals surface area contributed by atoms with Crippen molar-refractivity contribution >= 4 is 21.9 Å². The van der Waals surface area contributed by atoms with E-state index in [0.29, 0.717) is 5.92 Å². The van der Waals surface area contributed by atoms with Crippen molar-refractivity contribution in [3.8, 4) is 0 Å². The summed E-state index contributed by atoms with van der Waals surface area (Å²) in [5, 5.41) is 3.47. The van der Waals surface area contributed by atoms with Crippen molar-refractivity contribution in [2.24, 2.45) is 11.8 Å². The van der Waals surface area contributed by atoms with Crippen molar-refractivity contribution in [2.45, 2.75) is 24.9 Å². The molecule has 2 fully saturated rings. The Hall–Kier alpha value is -0.980. The zero-order chi connectivity index (χ0) is 15.6. The number of carbonyl (C=O) groups is 1. The second-order valence-electron chi connectivity index (χ2n) is 6.15. The van der Waals surface area contributed by atoms with Gasteiger partial charge in [-0.1, -0.05) is 6.07 Å². The van der Waals surface area contributed by atoms with Crippen LogP contribution in [0.3, 0.4) is 0 Å². The van der Waals surface area contributed by atoms with Crippen LogP contribution in [0.1, 0.15) is 24.8 Å². The normalized spacial score (nSPS) is 30.8. The number of nitrogens with zero attached hydrogens (tertiary/aromatic N) is 1. The number of hydrogen-bond acceptors (Lipinski definition) is 5. The van der Waals surface area contributed by atoms with Gasteiger partial charge in [-0.2, -0.15) is 0 Å². The van der Waals surface area contributed by atoms with Gasteiger partial charge in [0.25, 0.3) is 0 Å². The van der Waals surface area contributed by atoms with Crippen LogP contribution in [0.15, 0.2) is 22.9 Å². The van der Waals surface area contributed by atoms with Gasteiger partial charge in [0.2, 0.25) is 0 Å². The number of esters is 1. The number of hydrogen-bond donors (Lipinski definition) is 1. The fourth-order valence-electron chi connectivity index (χ4n) is 3.69. The molecule has 0 spiro atoms. The van der Waals surface area contributed by atoms with E-state index in [1.165, 1.54) is 7.11 Å². The molecule has 120 valence electrons. The van der Waals surface area contributed by atoms with Crippen molar-refractivity contribution in [3.05, 3.63) is 28.5 Å². The van der Waals surface area contributed by atoms with Crippen LogP contribution in [0.2, 0.25) is 0 Å². The average Bonchev–Trinajstić information content (AvgIpc) is 3.00. The Balaban J connectivity index is 1.84. The van der Waals surface area contributed by atoms with Gasteiger partial charge in [0, 0.05) is 11.8 Å². The molecule has 2 aliphatic rings. The van der Waals surface area contributed by atoms with Gasteiger partial charge in [0.05, 0.1) is 12.7 Å². The molecule has 3 atom stereocenters. The first-order chi connectivity index (χ1) is 10.6. The number of pyridine rings is 1. The predicted molar refractivity (Wildman–Crippen MR) is 85.3 cm³/mol. The van der Waals surface area contributed by atoms with Crippen molar-refractivity contribution in [2.75, 3.05) is 26.8 Å². The van der Waals surface area contributed by atoms with Crippen molar-refractivity contribution < 1.29 is 14.3 Å². The quantitative estimate of drug-likeness (QED) is 0.652. The van der Waals surface area contributed by atoms with Crippen molar-refractivity contribution in [1.82, 2.24) is 10.3 Å². The highest BCUT2D eigenvalue weighted by Crippen LogP contribution is 2.46. The first kappa shape index (κ1) is 15.9. The summed E-state index contributed by atoms with van der Waals surface area (Å²) in [7, 11) is 1.39. The van der Waals surface area contributed by atoms with Gasteiger partial charge in [-0.3, -0.25) is 0 Å². The van der Waals surface area contributed by atoms with Crippen molar-refractivity contribution in [1.29, 1.82) is 0 Å². The maximum absolute atomic E-state index is 11.5. The molecule has 1 saturated heterocycles. The highest BCUT2D eigenvalue weighted by Gasteiger charge is 2.45.